The summed E-state index contributed by atoms with van der Waals surface area (Å²) in [5, 5.41) is 1.52. The van der Waals surface area contributed by atoms with Crippen molar-refractivity contribution in [2.45, 2.75) is 46.1 Å². The molecule has 1 aromatic rings. The second kappa shape index (κ2) is 13.6. The van der Waals surface area contributed by atoms with Crippen molar-refractivity contribution in [2.75, 3.05) is 26.9 Å². The number of nitrogens with zero attached hydrogens (tertiary/aromatic N) is 2. The highest BCUT2D eigenvalue weighted by molar-refractivity contribution is 9.10. The minimum absolute atomic E-state index is 0.0879. The number of pyridine rings is 1. The Morgan fingerprint density at radius 1 is 1.32 bits per heavy atom. The fourth-order valence-electron chi connectivity index (χ4n) is 3.75. The van der Waals surface area contributed by atoms with Gasteiger partial charge in [0.05, 0.1) is 26.2 Å². The Balaban J connectivity index is 1.93. The van der Waals surface area contributed by atoms with Crippen LogP contribution in [-0.2, 0) is 30.3 Å². The molecule has 1 aromatic heterocycles. The van der Waals surface area contributed by atoms with Gasteiger partial charge in [-0.05, 0) is 52.4 Å². The maximum absolute atomic E-state index is 12.9. The molecule has 0 unspecified atom stereocenters. The maximum atomic E-state index is 12.9. The van der Waals surface area contributed by atoms with Gasteiger partial charge in [-0.3, -0.25) is 19.4 Å². The van der Waals surface area contributed by atoms with E-state index in [-0.39, 0.29) is 42.1 Å². The summed E-state index contributed by atoms with van der Waals surface area (Å²) in [7, 11) is 1.34. The van der Waals surface area contributed by atoms with Crippen LogP contribution in [0.5, 0.6) is 0 Å². The van der Waals surface area contributed by atoms with Crippen LogP contribution in [0.1, 0.15) is 44.9 Å². The highest BCUT2D eigenvalue weighted by atomic mass is 79.9. The summed E-state index contributed by atoms with van der Waals surface area (Å²) >= 11 is 3.44. The first-order chi connectivity index (χ1) is 16.1. The van der Waals surface area contributed by atoms with Crippen LogP contribution in [0.4, 0.5) is 0 Å². The monoisotopic (exact) mass is 538 g/mol. The topological polar surface area (TPSA) is 124 Å². The van der Waals surface area contributed by atoms with Crippen molar-refractivity contribution in [2.24, 2.45) is 23.5 Å². The number of amides is 2. The molecule has 1 aliphatic rings. The number of nitrogens with one attached hydrogen (secondary N) is 1. The van der Waals surface area contributed by atoms with Crippen LogP contribution >= 0.6 is 15.9 Å². The Hall–Kier alpha value is -2.30. The SMILES string of the molecule is COC(=O)[C@@H]1CCCN(C(=O)[C@@H](C)Cc2cc(/C=C\COC[C@H](C(N)=O)C(C)C)cc(Br)n2)N1. The highest BCUT2D eigenvalue weighted by Gasteiger charge is 2.30. The van der Waals surface area contributed by atoms with E-state index in [0.29, 0.717) is 30.6 Å². The van der Waals surface area contributed by atoms with Gasteiger partial charge in [0.15, 0.2) is 0 Å². The number of primary amides is 1. The van der Waals surface area contributed by atoms with E-state index < -0.39 is 6.04 Å². The standard InChI is InChI=1S/C24H35BrN4O5/c1-15(2)19(22(26)30)14-34-10-6-7-17-12-18(27-21(25)13-17)11-16(3)23(31)29-9-5-8-20(28-29)24(32)33-4/h6-7,12-13,15-16,19-20,28H,5,8-11,14H2,1-4H3,(H2,26,30)/b7-6-/t16-,19-,20-/m0/s1. The lowest BCUT2D eigenvalue weighted by Crippen LogP contribution is -2.56. The Bertz CT molecular complexity index is 892. The number of hydrazine groups is 1. The van der Waals surface area contributed by atoms with Crippen molar-refractivity contribution in [3.63, 3.8) is 0 Å². The van der Waals surface area contributed by atoms with Crippen LogP contribution in [0.15, 0.2) is 22.8 Å². The minimum Gasteiger partial charge on any atom is -0.468 e. The molecule has 1 aliphatic heterocycles. The molecular formula is C24H35BrN4O5. The average molecular weight is 539 g/mol. The van der Waals surface area contributed by atoms with Gasteiger partial charge in [0, 0.05) is 24.6 Å². The zero-order chi connectivity index (χ0) is 25.3. The lowest BCUT2D eigenvalue weighted by atomic mass is 9.96. The largest absolute Gasteiger partial charge is 0.468 e. The van der Waals surface area contributed by atoms with E-state index in [1.54, 1.807) is 0 Å². The quantitative estimate of drug-likeness (QED) is 0.252. The van der Waals surface area contributed by atoms with Crippen LogP contribution in [0, 0.1) is 17.8 Å². The Kier molecular flexibility index (Phi) is 11.1. The van der Waals surface area contributed by atoms with Crippen LogP contribution in [0.2, 0.25) is 0 Å². The van der Waals surface area contributed by atoms with Gasteiger partial charge in [-0.1, -0.05) is 32.9 Å². The van der Waals surface area contributed by atoms with Crippen LogP contribution in [0.3, 0.4) is 0 Å². The van der Waals surface area contributed by atoms with E-state index in [1.807, 2.05) is 45.1 Å². The van der Waals surface area contributed by atoms with Gasteiger partial charge in [-0.2, -0.15) is 0 Å². The van der Waals surface area contributed by atoms with Gasteiger partial charge >= 0.3 is 5.97 Å². The number of aromatic nitrogens is 1. The van der Waals surface area contributed by atoms with E-state index >= 15 is 0 Å². The van der Waals surface area contributed by atoms with Gasteiger partial charge in [0.2, 0.25) is 11.8 Å². The summed E-state index contributed by atoms with van der Waals surface area (Å²) in [6.45, 7) is 6.91. The smallest absolute Gasteiger partial charge is 0.324 e. The van der Waals surface area contributed by atoms with Crippen LogP contribution < -0.4 is 11.2 Å². The summed E-state index contributed by atoms with van der Waals surface area (Å²) in [5.41, 5.74) is 10.1. The molecule has 3 N–H and O–H groups in total. The van der Waals surface area contributed by atoms with Crippen molar-refractivity contribution in [1.82, 2.24) is 15.4 Å². The van der Waals surface area contributed by atoms with Gasteiger partial charge in [0.25, 0.3) is 0 Å². The van der Waals surface area contributed by atoms with E-state index in [0.717, 1.165) is 17.7 Å². The second-order valence-corrected chi connectivity index (χ2v) is 9.66. The number of halogens is 1. The molecule has 0 spiro atoms. The predicted molar refractivity (Wildman–Crippen MR) is 132 cm³/mol. The molecule has 2 rings (SSSR count). The molecule has 0 bridgehead atoms. The molecule has 3 atom stereocenters. The van der Waals surface area contributed by atoms with Crippen LogP contribution in [-0.4, -0.2) is 60.7 Å². The number of rotatable bonds is 11. The molecule has 9 nitrogen and oxygen atoms in total. The Labute approximate surface area is 209 Å². The van der Waals surface area contributed by atoms with Crippen molar-refractivity contribution in [3.8, 4) is 0 Å². The van der Waals surface area contributed by atoms with Gasteiger partial charge in [0.1, 0.15) is 10.6 Å². The lowest BCUT2D eigenvalue weighted by molar-refractivity contribution is -0.150. The van der Waals surface area contributed by atoms with E-state index in [2.05, 4.69) is 26.3 Å². The first kappa shape index (κ1) is 27.9. The second-order valence-electron chi connectivity index (χ2n) is 8.85. The molecule has 188 valence electrons. The van der Waals surface area contributed by atoms with Crippen molar-refractivity contribution in [1.29, 1.82) is 0 Å². The zero-order valence-corrected chi connectivity index (χ0v) is 21.8. The summed E-state index contributed by atoms with van der Waals surface area (Å²) in [6.07, 6.45) is 5.59. The Morgan fingerprint density at radius 2 is 2.06 bits per heavy atom. The van der Waals surface area contributed by atoms with Crippen molar-refractivity contribution < 1.29 is 23.9 Å². The van der Waals surface area contributed by atoms with E-state index in [1.165, 1.54) is 12.1 Å². The molecule has 0 radical (unpaired) electrons. The molecule has 1 fully saturated rings. The number of hydrogen-bond donors (Lipinski definition) is 2. The third kappa shape index (κ3) is 8.48. The number of carbonyl (C=O) groups excluding carboxylic acids is 3. The molecule has 34 heavy (non-hydrogen) atoms. The third-order valence-electron chi connectivity index (χ3n) is 5.74. The highest BCUT2D eigenvalue weighted by Crippen LogP contribution is 2.18. The number of nitrogens with two attached hydrogens (primary N) is 1. The van der Waals surface area contributed by atoms with Crippen molar-refractivity contribution >= 4 is 39.8 Å². The fourth-order valence-corrected chi connectivity index (χ4v) is 4.24. The molecule has 0 aliphatic carbocycles. The zero-order valence-electron chi connectivity index (χ0n) is 20.3. The number of methoxy groups -OCH3 is 1. The minimum atomic E-state index is -0.503. The first-order valence-electron chi connectivity index (χ1n) is 11.5. The number of carbonyl (C=O) groups is 3. The molecular weight excluding hydrogens is 504 g/mol. The Morgan fingerprint density at radius 3 is 2.71 bits per heavy atom. The van der Waals surface area contributed by atoms with Gasteiger partial charge < -0.3 is 15.2 Å². The molecule has 0 aromatic carbocycles. The normalized spacial score (nSPS) is 18.2. The van der Waals surface area contributed by atoms with E-state index in [9.17, 15) is 14.4 Å². The first-order valence-corrected chi connectivity index (χ1v) is 12.3. The van der Waals surface area contributed by atoms with Gasteiger partial charge in [-0.15, -0.1) is 0 Å². The maximum Gasteiger partial charge on any atom is 0.324 e. The molecule has 1 saturated heterocycles. The lowest BCUT2D eigenvalue weighted by Gasteiger charge is -2.34. The fraction of sp³-hybridized carbons (Fsp3) is 0.583. The molecule has 2 heterocycles. The summed E-state index contributed by atoms with van der Waals surface area (Å²) in [5.74, 6) is -1.33. The van der Waals surface area contributed by atoms with Crippen LogP contribution in [0.25, 0.3) is 6.08 Å². The summed E-state index contributed by atoms with van der Waals surface area (Å²) < 4.78 is 11.0. The summed E-state index contributed by atoms with van der Waals surface area (Å²) in [6, 6.07) is 3.29. The summed E-state index contributed by atoms with van der Waals surface area (Å²) in [4.78, 5) is 40.7. The number of esters is 1. The molecule has 10 heteroatoms. The van der Waals surface area contributed by atoms with E-state index in [4.69, 9.17) is 15.2 Å². The van der Waals surface area contributed by atoms with Gasteiger partial charge in [-0.25, -0.2) is 10.4 Å². The van der Waals surface area contributed by atoms with Crippen molar-refractivity contribution in [3.05, 3.63) is 34.1 Å². The average Bonchev–Trinajstić information content (AvgIpc) is 2.79. The number of hydrogen-bond acceptors (Lipinski definition) is 7. The molecule has 0 saturated carbocycles. The molecule has 2 amide bonds. The predicted octanol–water partition coefficient (Wildman–Crippen LogP) is 2.48. The third-order valence-corrected chi connectivity index (χ3v) is 6.14. The number of ether oxygens (including phenoxy) is 2.